The van der Waals surface area contributed by atoms with E-state index in [-0.39, 0.29) is 37.1 Å². The minimum atomic E-state index is -1.88. The molecule has 13 heteroatoms. The molecule has 238 valence electrons. The van der Waals surface area contributed by atoms with E-state index in [4.69, 9.17) is 16.3 Å². The first-order chi connectivity index (χ1) is 20.1. The highest BCUT2D eigenvalue weighted by Gasteiger charge is 2.74. The van der Waals surface area contributed by atoms with Crippen LogP contribution in [0.25, 0.3) is 0 Å². The summed E-state index contributed by atoms with van der Waals surface area (Å²) in [5.41, 5.74) is -2.80. The van der Waals surface area contributed by atoms with Gasteiger partial charge in [-0.15, -0.1) is 21.7 Å². The lowest BCUT2D eigenvalue weighted by molar-refractivity contribution is -0.757. The van der Waals surface area contributed by atoms with Gasteiger partial charge in [0.1, 0.15) is 12.1 Å². The summed E-state index contributed by atoms with van der Waals surface area (Å²) in [6, 6.07) is 0. The predicted molar refractivity (Wildman–Crippen MR) is 153 cm³/mol. The van der Waals surface area contributed by atoms with Crippen molar-refractivity contribution in [2.45, 2.75) is 88.7 Å². The van der Waals surface area contributed by atoms with Crippen molar-refractivity contribution < 1.29 is 44.1 Å². The molecular weight excluding hydrogens is 584 g/mol. The van der Waals surface area contributed by atoms with Crippen molar-refractivity contribution in [2.24, 2.45) is 28.6 Å². The third-order valence-electron chi connectivity index (χ3n) is 10.7. The molecule has 0 bridgehead atoms. The third kappa shape index (κ3) is 5.62. The number of alkyl halides is 1. The van der Waals surface area contributed by atoms with E-state index in [9.17, 15) is 39.5 Å². The van der Waals surface area contributed by atoms with Crippen molar-refractivity contribution in [3.63, 3.8) is 0 Å². The molecule has 1 amide bonds. The lowest BCUT2D eigenvalue weighted by Gasteiger charge is -2.63. The SMILES string of the molecule is C[C@H]1C[C@H]2[C@@H]3CCC4=CC(=O)C=C[C@]4(C)[C@@]3(Cl)[C@@H](O)C[C@]2(C)[C@@]1(O)C(=O)COC(=O)CNC(=O)CCCCCO[N+](=O)[O-]. The summed E-state index contributed by atoms with van der Waals surface area (Å²) >= 11 is 7.41. The summed E-state index contributed by atoms with van der Waals surface area (Å²) < 4.78 is 5.15. The number of ether oxygens (including phenoxy) is 1. The predicted octanol–water partition coefficient (Wildman–Crippen LogP) is 2.60. The second-order valence-corrected chi connectivity index (χ2v) is 13.5. The van der Waals surface area contributed by atoms with Crippen LogP contribution in [0.2, 0.25) is 0 Å². The number of allylic oxidation sites excluding steroid dienone is 4. The summed E-state index contributed by atoms with van der Waals surface area (Å²) in [6.45, 7) is 4.34. The van der Waals surface area contributed by atoms with Crippen LogP contribution in [0.4, 0.5) is 0 Å². The van der Waals surface area contributed by atoms with Crippen LogP contribution in [0.15, 0.2) is 23.8 Å². The molecule has 0 saturated heterocycles. The maximum Gasteiger partial charge on any atom is 0.325 e. The van der Waals surface area contributed by atoms with Crippen molar-refractivity contribution >= 4 is 35.0 Å². The Labute approximate surface area is 255 Å². The zero-order valence-electron chi connectivity index (χ0n) is 24.8. The summed E-state index contributed by atoms with van der Waals surface area (Å²) in [6.07, 6.45) is 7.06. The lowest BCUT2D eigenvalue weighted by Crippen LogP contribution is -2.69. The molecule has 0 spiro atoms. The van der Waals surface area contributed by atoms with Crippen molar-refractivity contribution in [1.29, 1.82) is 0 Å². The number of halogens is 1. The summed E-state index contributed by atoms with van der Waals surface area (Å²) in [4.78, 5) is 63.2. The number of hydrogen-bond donors (Lipinski definition) is 3. The van der Waals surface area contributed by atoms with Crippen LogP contribution in [-0.4, -0.2) is 75.1 Å². The quantitative estimate of drug-likeness (QED) is 0.0959. The maximum absolute atomic E-state index is 13.6. The zero-order valence-corrected chi connectivity index (χ0v) is 25.6. The fourth-order valence-corrected chi connectivity index (χ4v) is 8.93. The Morgan fingerprint density at radius 1 is 1.21 bits per heavy atom. The number of aliphatic hydroxyl groups excluding tert-OH is 1. The van der Waals surface area contributed by atoms with Gasteiger partial charge in [0.25, 0.3) is 5.09 Å². The highest BCUT2D eigenvalue weighted by molar-refractivity contribution is 6.26. The van der Waals surface area contributed by atoms with E-state index in [2.05, 4.69) is 10.2 Å². The number of carbonyl (C=O) groups excluding carboxylic acids is 4. The number of fused-ring (bicyclic) bond motifs is 5. The molecule has 0 aromatic carbocycles. The number of hydrogen-bond acceptors (Lipinski definition) is 10. The van der Waals surface area contributed by atoms with Crippen molar-refractivity contribution in [1.82, 2.24) is 5.32 Å². The minimum absolute atomic E-state index is 0.0523. The molecule has 4 aliphatic carbocycles. The molecule has 0 radical (unpaired) electrons. The number of ketones is 2. The summed E-state index contributed by atoms with van der Waals surface area (Å²) in [5.74, 6) is -2.96. The Hall–Kier alpha value is -2.83. The van der Waals surface area contributed by atoms with Crippen molar-refractivity contribution in [3.8, 4) is 0 Å². The van der Waals surface area contributed by atoms with Crippen LogP contribution in [0.3, 0.4) is 0 Å². The van der Waals surface area contributed by atoms with Gasteiger partial charge in [-0.25, -0.2) is 0 Å². The van der Waals surface area contributed by atoms with Crippen molar-refractivity contribution in [3.05, 3.63) is 33.9 Å². The van der Waals surface area contributed by atoms with Gasteiger partial charge in [-0.1, -0.05) is 38.8 Å². The molecular formula is C30H41ClN2O10. The van der Waals surface area contributed by atoms with Gasteiger partial charge in [0, 0.05) is 17.3 Å². The summed E-state index contributed by atoms with van der Waals surface area (Å²) in [5, 5.41) is 35.4. The van der Waals surface area contributed by atoms with Crippen LogP contribution in [-0.2, 0) is 28.8 Å². The molecule has 3 saturated carbocycles. The van der Waals surface area contributed by atoms with E-state index >= 15 is 0 Å². The molecule has 3 fully saturated rings. The fraction of sp³-hybridized carbons (Fsp3) is 0.733. The number of nitrogens with one attached hydrogen (secondary N) is 1. The van der Waals surface area contributed by atoms with Gasteiger partial charge in [0.2, 0.25) is 11.7 Å². The minimum Gasteiger partial charge on any atom is -0.456 e. The van der Waals surface area contributed by atoms with Gasteiger partial charge in [-0.3, -0.25) is 19.2 Å². The smallest absolute Gasteiger partial charge is 0.325 e. The second kappa shape index (κ2) is 12.3. The number of carbonyl (C=O) groups is 4. The van der Waals surface area contributed by atoms with Crippen LogP contribution >= 0.6 is 11.6 Å². The third-order valence-corrected chi connectivity index (χ3v) is 11.6. The van der Waals surface area contributed by atoms with Crippen molar-refractivity contribution in [2.75, 3.05) is 19.8 Å². The molecule has 43 heavy (non-hydrogen) atoms. The van der Waals surface area contributed by atoms with E-state index in [1.807, 2.05) is 6.92 Å². The number of aliphatic hydroxyl groups is 2. The molecule has 0 aromatic heterocycles. The molecule has 0 aromatic rings. The van der Waals surface area contributed by atoms with Crippen LogP contribution in [0.5, 0.6) is 0 Å². The van der Waals surface area contributed by atoms with Crippen LogP contribution in [0, 0.1) is 38.7 Å². The normalized spacial score (nSPS) is 37.8. The van der Waals surface area contributed by atoms with Crippen LogP contribution < -0.4 is 5.32 Å². The van der Waals surface area contributed by atoms with Gasteiger partial charge in [0.15, 0.2) is 12.4 Å². The number of Topliss-reactive ketones (excluding diaryl/α,β-unsaturated/α-hetero) is 1. The van der Waals surface area contributed by atoms with Gasteiger partial charge in [-0.2, -0.15) is 0 Å². The monoisotopic (exact) mass is 624 g/mol. The standard InChI is InChI=1S/C30H41ClN2O10/c1-18-13-22-21-9-8-19-14-20(34)10-11-27(19,2)29(21,31)23(35)15-28(22,3)30(18,39)24(36)17-42-26(38)16-32-25(37)7-5-4-6-12-43-33(40)41/h10-11,14,18,21-23,35,39H,4-9,12-13,15-17H2,1-3H3,(H,32,37)/t18-,21-,22-,23-,27-,28-,29-,30-/m0/s1. The fourth-order valence-electron chi connectivity index (χ4n) is 8.41. The largest absolute Gasteiger partial charge is 0.456 e. The number of esters is 1. The first-order valence-electron chi connectivity index (χ1n) is 14.9. The second-order valence-electron chi connectivity index (χ2n) is 12.9. The van der Waals surface area contributed by atoms with Gasteiger partial charge < -0.3 is 25.1 Å². The van der Waals surface area contributed by atoms with Crippen LogP contribution in [0.1, 0.15) is 72.1 Å². The first kappa shape index (κ1) is 33.1. The Morgan fingerprint density at radius 2 is 1.93 bits per heavy atom. The highest BCUT2D eigenvalue weighted by atomic mass is 35.5. The highest BCUT2D eigenvalue weighted by Crippen LogP contribution is 2.71. The molecule has 4 rings (SSSR count). The topological polar surface area (TPSA) is 182 Å². The van der Waals surface area contributed by atoms with Gasteiger partial charge in [-0.05, 0) is 68.4 Å². The van der Waals surface area contributed by atoms with Gasteiger partial charge >= 0.3 is 5.97 Å². The van der Waals surface area contributed by atoms with E-state index in [1.165, 1.54) is 6.08 Å². The molecule has 0 heterocycles. The van der Waals surface area contributed by atoms with E-state index in [0.29, 0.717) is 38.5 Å². The average molecular weight is 625 g/mol. The Balaban J connectivity index is 1.36. The average Bonchev–Trinajstić information content (AvgIpc) is 3.14. The molecule has 0 aliphatic heterocycles. The maximum atomic E-state index is 13.6. The van der Waals surface area contributed by atoms with E-state index in [0.717, 1.165) is 5.57 Å². The molecule has 0 unspecified atom stereocenters. The molecule has 12 nitrogen and oxygen atoms in total. The Kier molecular flexibility index (Phi) is 9.44. The number of amides is 1. The van der Waals surface area contributed by atoms with E-state index < -0.39 is 69.2 Å². The number of unbranched alkanes of at least 4 members (excludes halogenated alkanes) is 2. The first-order valence-corrected chi connectivity index (χ1v) is 15.3. The summed E-state index contributed by atoms with van der Waals surface area (Å²) in [7, 11) is 0. The van der Waals surface area contributed by atoms with Gasteiger partial charge in [0.05, 0.1) is 17.6 Å². The van der Waals surface area contributed by atoms with E-state index in [1.54, 1.807) is 26.0 Å². The molecule has 8 atom stereocenters. The Bertz CT molecular complexity index is 1240. The Morgan fingerprint density at radius 3 is 2.63 bits per heavy atom. The number of nitrogens with zero attached hydrogens (tertiary/aromatic N) is 1. The zero-order chi connectivity index (χ0) is 31.8. The lowest BCUT2D eigenvalue weighted by atomic mass is 9.45. The molecule has 4 aliphatic rings. The number of rotatable bonds is 12. The molecule has 3 N–H and O–H groups in total.